The molecule has 0 bridgehead atoms. The van der Waals surface area contributed by atoms with Crippen LogP contribution in [-0.2, 0) is 5.60 Å². The van der Waals surface area contributed by atoms with E-state index in [0.29, 0.717) is 32.8 Å². The smallest absolute Gasteiger partial charge is 0.222 e. The number of aromatic nitrogens is 3. The summed E-state index contributed by atoms with van der Waals surface area (Å²) in [7, 11) is 1.55. The Kier molecular flexibility index (Phi) is 4.76. The lowest BCUT2D eigenvalue weighted by molar-refractivity contribution is 0.102. The highest BCUT2D eigenvalue weighted by Gasteiger charge is 2.29. The number of anilines is 3. The first-order valence-electron chi connectivity index (χ1n) is 7.27. The summed E-state index contributed by atoms with van der Waals surface area (Å²) in [6, 6.07) is 5.29. The van der Waals surface area contributed by atoms with Gasteiger partial charge in [-0.25, -0.2) is 9.97 Å². The highest BCUT2D eigenvalue weighted by molar-refractivity contribution is 7.09. The number of aliphatic hydroxyl groups is 1. The largest absolute Gasteiger partial charge is 0.495 e. The summed E-state index contributed by atoms with van der Waals surface area (Å²) in [4.78, 5) is 12.1. The molecule has 9 heteroatoms. The Hall–Kier alpha value is -2.42. The molecule has 0 aliphatic heterocycles. The number of nitrogens with two attached hydrogens (primary N) is 1. The van der Waals surface area contributed by atoms with E-state index in [-0.39, 0.29) is 5.95 Å². The average Bonchev–Trinajstić information content (AvgIpc) is 3.13. The third-order valence-electron chi connectivity index (χ3n) is 3.63. The van der Waals surface area contributed by atoms with E-state index in [0.717, 1.165) is 0 Å². The van der Waals surface area contributed by atoms with Gasteiger partial charge in [0.1, 0.15) is 21.4 Å². The molecule has 1 atom stereocenters. The van der Waals surface area contributed by atoms with Crippen LogP contribution in [0.3, 0.4) is 0 Å². The maximum absolute atomic E-state index is 10.9. The number of hydrogen-bond acceptors (Lipinski definition) is 8. The van der Waals surface area contributed by atoms with E-state index in [1.165, 1.54) is 17.5 Å². The SMILES string of the molecule is COc1ccc([C@@](C)(O)c2nccs2)cc1Nc1nc(N)ncc1Cl. The number of halogens is 1. The minimum atomic E-state index is -1.24. The van der Waals surface area contributed by atoms with E-state index in [1.54, 1.807) is 38.4 Å². The zero-order chi connectivity index (χ0) is 18.0. The number of rotatable bonds is 5. The molecule has 0 amide bonds. The zero-order valence-electron chi connectivity index (χ0n) is 13.5. The van der Waals surface area contributed by atoms with Gasteiger partial charge in [0.2, 0.25) is 5.95 Å². The Morgan fingerprint density at radius 3 is 2.84 bits per heavy atom. The second kappa shape index (κ2) is 6.83. The Labute approximate surface area is 153 Å². The van der Waals surface area contributed by atoms with Crippen molar-refractivity contribution >= 4 is 40.4 Å². The van der Waals surface area contributed by atoms with Crippen molar-refractivity contribution in [2.75, 3.05) is 18.2 Å². The third-order valence-corrected chi connectivity index (χ3v) is 4.89. The van der Waals surface area contributed by atoms with Crippen LogP contribution in [0.2, 0.25) is 5.02 Å². The molecule has 0 spiro atoms. The number of hydrogen-bond donors (Lipinski definition) is 3. The molecule has 0 saturated heterocycles. The van der Waals surface area contributed by atoms with E-state index in [4.69, 9.17) is 22.1 Å². The summed E-state index contributed by atoms with van der Waals surface area (Å²) in [5.74, 6) is 1.00. The van der Waals surface area contributed by atoms with Gasteiger partial charge in [-0.1, -0.05) is 17.7 Å². The molecule has 0 aliphatic rings. The van der Waals surface area contributed by atoms with Crippen LogP contribution in [0.25, 0.3) is 0 Å². The fourth-order valence-corrected chi connectivity index (χ4v) is 3.15. The first-order valence-corrected chi connectivity index (χ1v) is 8.53. The number of nitrogens with one attached hydrogen (secondary N) is 1. The Bertz CT molecular complexity index is 886. The molecule has 3 aromatic rings. The molecule has 4 N–H and O–H groups in total. The molecule has 7 nitrogen and oxygen atoms in total. The van der Waals surface area contributed by atoms with Crippen LogP contribution < -0.4 is 15.8 Å². The predicted octanol–water partition coefficient (Wildman–Crippen LogP) is 3.18. The van der Waals surface area contributed by atoms with Crippen molar-refractivity contribution in [3.8, 4) is 5.75 Å². The molecule has 0 fully saturated rings. The van der Waals surface area contributed by atoms with Gasteiger partial charge in [-0.05, 0) is 24.6 Å². The van der Waals surface area contributed by atoms with Crippen molar-refractivity contribution in [2.45, 2.75) is 12.5 Å². The van der Waals surface area contributed by atoms with Gasteiger partial charge in [-0.15, -0.1) is 11.3 Å². The van der Waals surface area contributed by atoms with Gasteiger partial charge in [0.25, 0.3) is 0 Å². The zero-order valence-corrected chi connectivity index (χ0v) is 15.1. The Balaban J connectivity index is 2.02. The highest BCUT2D eigenvalue weighted by Crippen LogP contribution is 2.37. The summed E-state index contributed by atoms with van der Waals surface area (Å²) >= 11 is 7.49. The highest BCUT2D eigenvalue weighted by atomic mass is 35.5. The van der Waals surface area contributed by atoms with E-state index < -0.39 is 5.60 Å². The van der Waals surface area contributed by atoms with Crippen molar-refractivity contribution in [2.24, 2.45) is 0 Å². The molecule has 0 saturated carbocycles. The van der Waals surface area contributed by atoms with Crippen LogP contribution in [-0.4, -0.2) is 27.2 Å². The average molecular weight is 378 g/mol. The van der Waals surface area contributed by atoms with E-state index in [1.807, 2.05) is 5.38 Å². The number of thiazole rings is 1. The monoisotopic (exact) mass is 377 g/mol. The van der Waals surface area contributed by atoms with Gasteiger partial charge in [-0.2, -0.15) is 4.98 Å². The number of nitrogen functional groups attached to an aromatic ring is 1. The van der Waals surface area contributed by atoms with Crippen LogP contribution in [0.5, 0.6) is 5.75 Å². The standard InChI is InChI=1S/C16H16ClN5O2S/c1-16(23,14-19-5-6-25-14)9-3-4-12(24-2)11(7-9)21-13-10(17)8-20-15(18)22-13/h3-8,23H,1-2H3,(H3,18,20,21,22)/t16-/m1/s1. The predicted molar refractivity (Wildman–Crippen MR) is 98.5 cm³/mol. The number of nitrogens with zero attached hydrogens (tertiary/aromatic N) is 3. The number of methoxy groups -OCH3 is 1. The molecule has 0 unspecified atom stereocenters. The number of benzene rings is 1. The number of ether oxygens (including phenoxy) is 1. The molecule has 0 radical (unpaired) electrons. The van der Waals surface area contributed by atoms with Crippen LogP contribution in [0, 0.1) is 0 Å². The van der Waals surface area contributed by atoms with Crippen molar-refractivity contribution in [3.63, 3.8) is 0 Å². The molecular weight excluding hydrogens is 362 g/mol. The lowest BCUT2D eigenvalue weighted by Gasteiger charge is -2.23. The van der Waals surface area contributed by atoms with Gasteiger partial charge in [-0.3, -0.25) is 0 Å². The first-order chi connectivity index (χ1) is 11.9. The fraction of sp³-hybridized carbons (Fsp3) is 0.188. The summed E-state index contributed by atoms with van der Waals surface area (Å²) < 4.78 is 5.37. The molecule has 2 aromatic heterocycles. The molecule has 130 valence electrons. The summed E-state index contributed by atoms with van der Waals surface area (Å²) in [6.07, 6.45) is 3.06. The van der Waals surface area contributed by atoms with Gasteiger partial charge < -0.3 is 20.9 Å². The van der Waals surface area contributed by atoms with Crippen molar-refractivity contribution in [3.05, 3.63) is 51.6 Å². The second-order valence-corrected chi connectivity index (χ2v) is 6.68. The molecule has 3 rings (SSSR count). The van der Waals surface area contributed by atoms with Gasteiger partial charge >= 0.3 is 0 Å². The summed E-state index contributed by atoms with van der Waals surface area (Å²) in [5.41, 5.74) is 5.59. The van der Waals surface area contributed by atoms with Crippen LogP contribution in [0.4, 0.5) is 17.5 Å². The van der Waals surface area contributed by atoms with Crippen LogP contribution in [0.15, 0.2) is 36.0 Å². The Morgan fingerprint density at radius 1 is 1.36 bits per heavy atom. The Morgan fingerprint density at radius 2 is 2.16 bits per heavy atom. The van der Waals surface area contributed by atoms with E-state index in [9.17, 15) is 5.11 Å². The van der Waals surface area contributed by atoms with Gasteiger partial charge in [0, 0.05) is 11.6 Å². The minimum Gasteiger partial charge on any atom is -0.495 e. The van der Waals surface area contributed by atoms with Crippen molar-refractivity contribution < 1.29 is 9.84 Å². The maximum atomic E-state index is 10.9. The fourth-order valence-electron chi connectivity index (χ4n) is 2.29. The van der Waals surface area contributed by atoms with Crippen molar-refractivity contribution in [1.29, 1.82) is 0 Å². The topological polar surface area (TPSA) is 106 Å². The lowest BCUT2D eigenvalue weighted by atomic mass is 9.96. The van der Waals surface area contributed by atoms with E-state index >= 15 is 0 Å². The molecule has 0 aliphatic carbocycles. The maximum Gasteiger partial charge on any atom is 0.222 e. The van der Waals surface area contributed by atoms with E-state index in [2.05, 4.69) is 20.3 Å². The molecule has 2 heterocycles. The van der Waals surface area contributed by atoms with Crippen LogP contribution >= 0.6 is 22.9 Å². The van der Waals surface area contributed by atoms with Gasteiger partial charge in [0.05, 0.1) is 19.0 Å². The normalized spacial score (nSPS) is 13.3. The van der Waals surface area contributed by atoms with Crippen molar-refractivity contribution in [1.82, 2.24) is 15.0 Å². The molecule has 25 heavy (non-hydrogen) atoms. The van der Waals surface area contributed by atoms with Gasteiger partial charge in [0.15, 0.2) is 5.82 Å². The minimum absolute atomic E-state index is 0.0943. The van der Waals surface area contributed by atoms with Crippen LogP contribution in [0.1, 0.15) is 17.5 Å². The second-order valence-electron chi connectivity index (χ2n) is 5.37. The quantitative estimate of drug-likeness (QED) is 0.626. The molecular formula is C16H16ClN5O2S. The summed E-state index contributed by atoms with van der Waals surface area (Å²) in [5, 5.41) is 16.7. The lowest BCUT2D eigenvalue weighted by Crippen LogP contribution is -2.22. The molecule has 1 aromatic carbocycles. The first kappa shape index (κ1) is 17.4. The third kappa shape index (κ3) is 3.51. The summed E-state index contributed by atoms with van der Waals surface area (Å²) in [6.45, 7) is 1.69.